The van der Waals surface area contributed by atoms with Crippen LogP contribution < -0.4 is 15.2 Å². The Labute approximate surface area is 146 Å². The summed E-state index contributed by atoms with van der Waals surface area (Å²) >= 11 is 2.13. The number of methoxy groups -OCH3 is 1. The highest BCUT2D eigenvalue weighted by Crippen LogP contribution is 2.37. The number of rotatable bonds is 5. The number of hydrogen-bond acceptors (Lipinski definition) is 4. The van der Waals surface area contributed by atoms with E-state index in [0.717, 1.165) is 26.0 Å². The summed E-state index contributed by atoms with van der Waals surface area (Å²) in [6.07, 6.45) is 0. The summed E-state index contributed by atoms with van der Waals surface area (Å²) in [5.74, 6) is 1.22. The maximum atomic E-state index is 10.9. The number of nitrogens with two attached hydrogens (primary N) is 1. The minimum absolute atomic E-state index is 0.198. The second-order valence-corrected chi connectivity index (χ2v) is 6.01. The van der Waals surface area contributed by atoms with Crippen molar-refractivity contribution in [2.45, 2.75) is 0 Å². The molecule has 0 aliphatic carbocycles. The van der Waals surface area contributed by atoms with Crippen LogP contribution in [0.1, 0.15) is 0 Å². The highest BCUT2D eigenvalue weighted by Gasteiger charge is 2.15. The molecule has 0 saturated heterocycles. The lowest BCUT2D eigenvalue weighted by molar-refractivity contribution is -0.119. The molecule has 3 rings (SSSR count). The summed E-state index contributed by atoms with van der Waals surface area (Å²) in [5, 5.41) is 0. The van der Waals surface area contributed by atoms with Crippen LogP contribution in [-0.4, -0.2) is 29.6 Å². The number of aromatic nitrogens is 2. The third kappa shape index (κ3) is 3.24. The van der Waals surface area contributed by atoms with Crippen LogP contribution in [0, 0.1) is 3.57 Å². The molecule has 0 aliphatic heterocycles. The van der Waals surface area contributed by atoms with Crippen molar-refractivity contribution in [1.82, 2.24) is 9.97 Å². The van der Waals surface area contributed by atoms with Crippen molar-refractivity contribution in [3.05, 3.63) is 40.0 Å². The molecule has 0 spiro atoms. The molecule has 0 bridgehead atoms. The van der Waals surface area contributed by atoms with Crippen LogP contribution in [0.3, 0.4) is 0 Å². The summed E-state index contributed by atoms with van der Waals surface area (Å²) < 4.78 is 11.6. The lowest BCUT2D eigenvalue weighted by Gasteiger charge is -2.12. The molecule has 118 valence electrons. The van der Waals surface area contributed by atoms with Gasteiger partial charge in [-0.15, -0.1) is 0 Å². The average molecular weight is 423 g/mol. The smallest absolute Gasteiger partial charge is 0.255 e. The van der Waals surface area contributed by atoms with Gasteiger partial charge < -0.3 is 20.2 Å². The van der Waals surface area contributed by atoms with Gasteiger partial charge in [-0.05, 0) is 46.9 Å². The second-order valence-electron chi connectivity index (χ2n) is 4.85. The Balaban J connectivity index is 2.03. The molecule has 0 fully saturated rings. The predicted molar refractivity (Wildman–Crippen MR) is 95.5 cm³/mol. The zero-order valence-electron chi connectivity index (χ0n) is 12.3. The van der Waals surface area contributed by atoms with Crippen molar-refractivity contribution in [3.8, 4) is 22.9 Å². The van der Waals surface area contributed by atoms with E-state index in [1.165, 1.54) is 0 Å². The Bertz CT molecular complexity index is 843. The number of nitrogens with one attached hydrogen (secondary N) is 1. The molecule has 2 aromatic carbocycles. The molecule has 0 atom stereocenters. The first-order chi connectivity index (χ1) is 11.1. The topological polar surface area (TPSA) is 90.2 Å². The molecule has 1 heterocycles. The largest absolute Gasteiger partial charge is 0.493 e. The molecule has 23 heavy (non-hydrogen) atoms. The first-order valence-corrected chi connectivity index (χ1v) is 7.90. The fourth-order valence-electron chi connectivity index (χ4n) is 2.23. The number of nitrogens with zero attached hydrogens (tertiary/aromatic N) is 1. The molecule has 3 aromatic rings. The van der Waals surface area contributed by atoms with E-state index in [0.29, 0.717) is 11.5 Å². The Kier molecular flexibility index (Phi) is 4.37. The summed E-state index contributed by atoms with van der Waals surface area (Å²) in [4.78, 5) is 18.8. The average Bonchev–Trinajstić information content (AvgIpc) is 2.96. The number of para-hydroxylation sites is 2. The van der Waals surface area contributed by atoms with E-state index in [4.69, 9.17) is 15.2 Å². The van der Waals surface area contributed by atoms with E-state index in [1.54, 1.807) is 7.11 Å². The van der Waals surface area contributed by atoms with E-state index in [2.05, 4.69) is 32.6 Å². The quantitative estimate of drug-likeness (QED) is 0.618. The summed E-state index contributed by atoms with van der Waals surface area (Å²) in [5.41, 5.74) is 7.85. The van der Waals surface area contributed by atoms with Crippen LogP contribution in [0.2, 0.25) is 0 Å². The summed E-state index contributed by atoms with van der Waals surface area (Å²) in [7, 11) is 1.55. The van der Waals surface area contributed by atoms with Crippen LogP contribution in [0.5, 0.6) is 11.5 Å². The van der Waals surface area contributed by atoms with Gasteiger partial charge in [-0.3, -0.25) is 4.79 Å². The van der Waals surface area contributed by atoms with E-state index in [-0.39, 0.29) is 6.61 Å². The van der Waals surface area contributed by atoms with Crippen molar-refractivity contribution < 1.29 is 14.3 Å². The fourth-order valence-corrected chi connectivity index (χ4v) is 2.99. The van der Waals surface area contributed by atoms with E-state index < -0.39 is 5.91 Å². The number of fused-ring (bicyclic) bond motifs is 1. The lowest BCUT2D eigenvalue weighted by Crippen LogP contribution is -2.20. The maximum Gasteiger partial charge on any atom is 0.255 e. The molecular formula is C16H14IN3O3. The Morgan fingerprint density at radius 2 is 2.13 bits per heavy atom. The number of ether oxygens (including phenoxy) is 2. The molecule has 3 N–H and O–H groups in total. The number of amides is 1. The van der Waals surface area contributed by atoms with Crippen molar-refractivity contribution in [2.75, 3.05) is 13.7 Å². The number of carbonyl (C=O) groups excluding carboxylic acids is 1. The van der Waals surface area contributed by atoms with Gasteiger partial charge in [0.1, 0.15) is 5.82 Å². The minimum Gasteiger partial charge on any atom is -0.493 e. The number of halogens is 1. The molecule has 0 unspecified atom stereocenters. The number of primary amides is 1. The third-order valence-electron chi connectivity index (χ3n) is 3.25. The minimum atomic E-state index is -0.538. The van der Waals surface area contributed by atoms with E-state index >= 15 is 0 Å². The van der Waals surface area contributed by atoms with E-state index in [1.807, 2.05) is 36.4 Å². The highest BCUT2D eigenvalue weighted by atomic mass is 127. The summed E-state index contributed by atoms with van der Waals surface area (Å²) in [6, 6.07) is 11.5. The summed E-state index contributed by atoms with van der Waals surface area (Å²) in [6.45, 7) is -0.198. The van der Waals surface area contributed by atoms with Crippen LogP contribution in [0.4, 0.5) is 0 Å². The van der Waals surface area contributed by atoms with Crippen LogP contribution in [-0.2, 0) is 4.79 Å². The molecule has 0 radical (unpaired) electrons. The van der Waals surface area contributed by atoms with Crippen molar-refractivity contribution in [1.29, 1.82) is 0 Å². The lowest BCUT2D eigenvalue weighted by atomic mass is 10.2. The Morgan fingerprint density at radius 1 is 1.35 bits per heavy atom. The number of benzene rings is 2. The maximum absolute atomic E-state index is 10.9. The number of aromatic amines is 1. The van der Waals surface area contributed by atoms with Gasteiger partial charge in [0.05, 0.1) is 21.7 Å². The van der Waals surface area contributed by atoms with Crippen molar-refractivity contribution >= 4 is 39.5 Å². The Morgan fingerprint density at radius 3 is 2.83 bits per heavy atom. The standard InChI is InChI=1S/C16H14IN3O3/c1-22-13-7-9(6-10(17)15(13)23-8-14(18)21)16-19-11-4-2-3-5-12(11)20-16/h2-7H,8H2,1H3,(H2,18,21)(H,19,20). The van der Waals surface area contributed by atoms with Gasteiger partial charge in [-0.25, -0.2) is 4.98 Å². The molecule has 0 saturated carbocycles. The first kappa shape index (κ1) is 15.6. The zero-order valence-corrected chi connectivity index (χ0v) is 14.5. The fraction of sp³-hybridized carbons (Fsp3) is 0.125. The third-order valence-corrected chi connectivity index (χ3v) is 4.05. The monoisotopic (exact) mass is 423 g/mol. The van der Waals surface area contributed by atoms with Gasteiger partial charge in [-0.1, -0.05) is 12.1 Å². The second kappa shape index (κ2) is 6.45. The highest BCUT2D eigenvalue weighted by molar-refractivity contribution is 14.1. The van der Waals surface area contributed by atoms with Gasteiger partial charge >= 0.3 is 0 Å². The number of H-pyrrole nitrogens is 1. The molecule has 0 aliphatic rings. The van der Waals surface area contributed by atoms with Gasteiger partial charge in [0.25, 0.3) is 5.91 Å². The van der Waals surface area contributed by atoms with Gasteiger partial charge in [0.2, 0.25) is 0 Å². The van der Waals surface area contributed by atoms with E-state index in [9.17, 15) is 4.79 Å². The SMILES string of the molecule is COc1cc(-c2nc3ccccc3[nH]2)cc(I)c1OCC(N)=O. The Hall–Kier alpha value is -2.29. The van der Waals surface area contributed by atoms with Crippen LogP contribution in [0.15, 0.2) is 36.4 Å². The molecule has 7 heteroatoms. The number of hydrogen-bond donors (Lipinski definition) is 2. The number of imidazole rings is 1. The van der Waals surface area contributed by atoms with Crippen molar-refractivity contribution in [2.24, 2.45) is 5.73 Å². The van der Waals surface area contributed by atoms with Crippen molar-refractivity contribution in [3.63, 3.8) is 0 Å². The van der Waals surface area contributed by atoms with Gasteiger partial charge in [-0.2, -0.15) is 0 Å². The molecule has 1 aromatic heterocycles. The molecule has 1 amide bonds. The molecular weight excluding hydrogens is 409 g/mol. The van der Waals surface area contributed by atoms with Crippen LogP contribution >= 0.6 is 22.6 Å². The van der Waals surface area contributed by atoms with Gasteiger partial charge in [0, 0.05) is 5.56 Å². The number of carbonyl (C=O) groups is 1. The normalized spacial score (nSPS) is 10.7. The van der Waals surface area contributed by atoms with Gasteiger partial charge in [0.15, 0.2) is 18.1 Å². The predicted octanol–water partition coefficient (Wildman–Crippen LogP) is 2.71. The molecule has 6 nitrogen and oxygen atoms in total. The van der Waals surface area contributed by atoms with Crippen LogP contribution in [0.25, 0.3) is 22.4 Å². The zero-order chi connectivity index (χ0) is 16.4. The first-order valence-electron chi connectivity index (χ1n) is 6.82.